The lowest BCUT2D eigenvalue weighted by molar-refractivity contribution is -0.126. The Kier molecular flexibility index (Phi) is 6.20. The number of carbonyl (C=O) groups is 2. The molecule has 0 bridgehead atoms. The zero-order valence-corrected chi connectivity index (χ0v) is 18.2. The maximum atomic E-state index is 14.2. The van der Waals surface area contributed by atoms with Crippen LogP contribution in [0.5, 0.6) is 5.75 Å². The summed E-state index contributed by atoms with van der Waals surface area (Å²) in [5, 5.41) is 3.04. The van der Waals surface area contributed by atoms with Crippen LogP contribution in [0.1, 0.15) is 47.8 Å². The first-order valence-corrected chi connectivity index (χ1v) is 11.3. The first kappa shape index (κ1) is 21.0. The number of rotatable bonds is 5. The van der Waals surface area contributed by atoms with E-state index in [9.17, 15) is 14.0 Å². The van der Waals surface area contributed by atoms with Gasteiger partial charge in [0.05, 0.1) is 17.5 Å². The number of amides is 1. The number of hydrogen-bond donors (Lipinski definition) is 1. The van der Waals surface area contributed by atoms with Gasteiger partial charge in [0.2, 0.25) is 5.91 Å². The van der Waals surface area contributed by atoms with Gasteiger partial charge in [-0.25, -0.2) is 4.39 Å². The van der Waals surface area contributed by atoms with Crippen LogP contribution in [0.2, 0.25) is 0 Å². The van der Waals surface area contributed by atoms with Crippen LogP contribution in [-0.2, 0) is 11.2 Å². The molecule has 1 saturated heterocycles. The lowest BCUT2D eigenvalue weighted by Gasteiger charge is -2.25. The van der Waals surface area contributed by atoms with Gasteiger partial charge >= 0.3 is 0 Å². The lowest BCUT2D eigenvalue weighted by Crippen LogP contribution is -2.47. The van der Waals surface area contributed by atoms with E-state index in [1.54, 1.807) is 6.07 Å². The van der Waals surface area contributed by atoms with Gasteiger partial charge in [-0.05, 0) is 57.6 Å². The highest BCUT2D eigenvalue weighted by atomic mass is 32.1. The van der Waals surface area contributed by atoms with Gasteiger partial charge in [0.1, 0.15) is 17.7 Å². The number of hydrogen-bond acceptors (Lipinski definition) is 5. The maximum absolute atomic E-state index is 14.2. The molecule has 2 aliphatic rings. The summed E-state index contributed by atoms with van der Waals surface area (Å²) in [6.07, 6.45) is 4.56. The molecule has 1 fully saturated rings. The predicted molar refractivity (Wildman–Crippen MR) is 116 cm³/mol. The Morgan fingerprint density at radius 3 is 2.87 bits per heavy atom. The molecule has 0 spiro atoms. The second kappa shape index (κ2) is 8.86. The second-order valence-electron chi connectivity index (χ2n) is 8.20. The Morgan fingerprint density at radius 2 is 2.10 bits per heavy atom. The molecule has 0 aliphatic carbocycles. The summed E-state index contributed by atoms with van der Waals surface area (Å²) < 4.78 is 20.4. The first-order chi connectivity index (χ1) is 14.4. The first-order valence-electron chi connectivity index (χ1n) is 10.5. The third-order valence-electron chi connectivity index (χ3n) is 5.91. The molecule has 7 heteroatoms. The van der Waals surface area contributed by atoms with Crippen molar-refractivity contribution in [3.05, 3.63) is 40.5 Å². The van der Waals surface area contributed by atoms with E-state index >= 15 is 0 Å². The molecule has 1 N–H and O–H groups in total. The predicted octanol–water partition coefficient (Wildman–Crippen LogP) is 4.05. The van der Waals surface area contributed by atoms with E-state index < -0.39 is 0 Å². The molecule has 3 heterocycles. The quantitative estimate of drug-likeness (QED) is 0.727. The number of nitrogens with zero attached hydrogens (tertiary/aromatic N) is 1. The van der Waals surface area contributed by atoms with Gasteiger partial charge in [0.25, 0.3) is 0 Å². The molecule has 2 atom stereocenters. The van der Waals surface area contributed by atoms with Crippen molar-refractivity contribution in [2.75, 3.05) is 20.1 Å². The molecule has 1 amide bonds. The van der Waals surface area contributed by atoms with Crippen LogP contribution < -0.4 is 10.1 Å². The Balaban J connectivity index is 1.45. The number of carbonyl (C=O) groups excluding carboxylic acids is 2. The highest BCUT2D eigenvalue weighted by Crippen LogP contribution is 2.42. The molecule has 1 aromatic carbocycles. The summed E-state index contributed by atoms with van der Waals surface area (Å²) >= 11 is 1.34. The molecule has 1 aromatic heterocycles. The maximum Gasteiger partial charge on any atom is 0.237 e. The summed E-state index contributed by atoms with van der Waals surface area (Å²) in [5.41, 5.74) is 1.47. The molecule has 4 rings (SSSR count). The fourth-order valence-electron chi connectivity index (χ4n) is 4.28. The average Bonchev–Trinajstić information content (AvgIpc) is 3.29. The lowest BCUT2D eigenvalue weighted by atomic mass is 10.0. The average molecular weight is 431 g/mol. The van der Waals surface area contributed by atoms with Gasteiger partial charge in [-0.1, -0.05) is 12.8 Å². The summed E-state index contributed by atoms with van der Waals surface area (Å²) in [5.74, 6) is 0.355. The highest BCUT2D eigenvalue weighted by molar-refractivity contribution is 7.17. The number of halogens is 1. The van der Waals surface area contributed by atoms with Crippen molar-refractivity contribution in [2.24, 2.45) is 0 Å². The van der Waals surface area contributed by atoms with Crippen LogP contribution in [0.25, 0.3) is 10.4 Å². The molecule has 0 unspecified atom stereocenters. The van der Waals surface area contributed by atoms with Crippen molar-refractivity contribution in [3.8, 4) is 16.2 Å². The molecule has 30 heavy (non-hydrogen) atoms. The van der Waals surface area contributed by atoms with Crippen molar-refractivity contribution >= 4 is 23.0 Å². The number of nitrogens with one attached hydrogen (secondary N) is 1. The molecule has 0 saturated carbocycles. The van der Waals surface area contributed by atoms with E-state index in [-0.39, 0.29) is 29.7 Å². The number of fused-ring (bicyclic) bond motifs is 1. The minimum Gasteiger partial charge on any atom is -0.487 e. The zero-order chi connectivity index (χ0) is 21.3. The van der Waals surface area contributed by atoms with Gasteiger partial charge in [0.15, 0.2) is 5.78 Å². The van der Waals surface area contributed by atoms with Crippen LogP contribution in [-0.4, -0.2) is 48.9 Å². The summed E-state index contributed by atoms with van der Waals surface area (Å²) in [6, 6.07) is 6.45. The number of benzene rings is 1. The number of likely N-dealkylation sites (N-methyl/N-ethyl adjacent to an activating group) is 1. The highest BCUT2D eigenvalue weighted by Gasteiger charge is 2.30. The molecule has 2 aromatic rings. The monoisotopic (exact) mass is 430 g/mol. The molecule has 2 aliphatic heterocycles. The molecule has 5 nitrogen and oxygen atoms in total. The Labute approximate surface area is 180 Å². The van der Waals surface area contributed by atoms with Crippen LogP contribution >= 0.6 is 11.3 Å². The topological polar surface area (TPSA) is 58.6 Å². The van der Waals surface area contributed by atoms with Gasteiger partial charge in [-0.2, -0.15) is 0 Å². The molecular weight excluding hydrogens is 403 g/mol. The summed E-state index contributed by atoms with van der Waals surface area (Å²) in [7, 11) is 2.00. The molecule has 0 radical (unpaired) electrons. The number of Topliss-reactive ketones (excluding diaryl/α,β-unsaturated/α-hetero) is 1. The summed E-state index contributed by atoms with van der Waals surface area (Å²) in [6.45, 7) is 2.85. The Bertz CT molecular complexity index is 958. The second-order valence-corrected chi connectivity index (χ2v) is 9.28. The SMILES string of the molecule is CC(=O)c1ccc(-c2cc(F)cc3c2O[C@@H](CNC(=O)[C@H]2CCCCCN2C)C3)s1. The number of thiophene rings is 1. The number of ketones is 1. The minimum atomic E-state index is -0.324. The molecular formula is C23H27FN2O3S. The minimum absolute atomic E-state index is 0.00992. The van der Waals surface area contributed by atoms with Gasteiger partial charge < -0.3 is 10.1 Å². The number of likely N-dealkylation sites (tertiary alicyclic amines) is 1. The Morgan fingerprint density at radius 1 is 1.27 bits per heavy atom. The van der Waals surface area contributed by atoms with Crippen molar-refractivity contribution in [2.45, 2.75) is 51.2 Å². The third-order valence-corrected chi connectivity index (χ3v) is 7.13. The largest absolute Gasteiger partial charge is 0.487 e. The normalized spacial score (nSPS) is 21.6. The third kappa shape index (κ3) is 4.42. The van der Waals surface area contributed by atoms with Crippen molar-refractivity contribution in [1.82, 2.24) is 10.2 Å². The smallest absolute Gasteiger partial charge is 0.237 e. The van der Waals surface area contributed by atoms with Crippen LogP contribution in [0.4, 0.5) is 4.39 Å². The van der Waals surface area contributed by atoms with Gasteiger partial charge in [0, 0.05) is 22.4 Å². The Hall–Kier alpha value is -2.25. The summed E-state index contributed by atoms with van der Waals surface area (Å²) in [4.78, 5) is 27.9. The van der Waals surface area contributed by atoms with Crippen LogP contribution in [0, 0.1) is 5.82 Å². The standard InChI is InChI=1S/C23H27FN2O3S/c1-14(27)20-7-8-21(30-20)18-12-16(24)10-15-11-17(29-22(15)18)13-25-23(28)19-6-4-3-5-9-26(19)2/h7-8,10,12,17,19H,3-6,9,11,13H2,1-2H3,(H,25,28)/t17-,19-/m1/s1. The number of ether oxygens (including phenoxy) is 1. The fourth-order valence-corrected chi connectivity index (χ4v) is 5.19. The van der Waals surface area contributed by atoms with E-state index in [0.717, 1.165) is 42.7 Å². The zero-order valence-electron chi connectivity index (χ0n) is 17.4. The van der Waals surface area contributed by atoms with E-state index in [4.69, 9.17) is 4.74 Å². The van der Waals surface area contributed by atoms with Crippen molar-refractivity contribution in [1.29, 1.82) is 0 Å². The molecule has 160 valence electrons. The van der Waals surface area contributed by atoms with E-state index in [1.807, 2.05) is 13.1 Å². The fraction of sp³-hybridized carbons (Fsp3) is 0.478. The van der Waals surface area contributed by atoms with E-state index in [1.165, 1.54) is 30.4 Å². The van der Waals surface area contributed by atoms with Crippen LogP contribution in [0.15, 0.2) is 24.3 Å². The van der Waals surface area contributed by atoms with E-state index in [2.05, 4.69) is 10.2 Å². The van der Waals surface area contributed by atoms with Gasteiger partial charge in [-0.3, -0.25) is 14.5 Å². The van der Waals surface area contributed by atoms with Crippen LogP contribution in [0.3, 0.4) is 0 Å². The van der Waals surface area contributed by atoms with Crippen molar-refractivity contribution in [3.63, 3.8) is 0 Å². The van der Waals surface area contributed by atoms with Gasteiger partial charge in [-0.15, -0.1) is 11.3 Å². The van der Waals surface area contributed by atoms with E-state index in [0.29, 0.717) is 29.2 Å². The van der Waals surface area contributed by atoms with Crippen molar-refractivity contribution < 1.29 is 18.7 Å².